The van der Waals surface area contributed by atoms with Crippen molar-refractivity contribution in [2.45, 2.75) is 64.6 Å². The van der Waals surface area contributed by atoms with Gasteiger partial charge in [-0.05, 0) is 0 Å². The van der Waals surface area contributed by atoms with Crippen molar-refractivity contribution in [3.05, 3.63) is 58.7 Å². The quantitative estimate of drug-likeness (QED) is 0.336. The first-order valence-electron chi connectivity index (χ1n) is 11.0. The standard InChI is InChI=1S/C27H32O5Se/c1-18(30-6)31-17-32-23-15-21-22(27(4,5)13-12-26(21,2)3)16-24(23)33-14-11-19-7-9-20(10-8-19)25(28)29/h7-10,15-16,18H,12-13,17H2,1-6H3,(H,28,29). The number of benzene rings is 2. The van der Waals surface area contributed by atoms with Crippen LogP contribution in [0.5, 0.6) is 5.75 Å². The zero-order chi connectivity index (χ0) is 24.2. The molecule has 0 aliphatic heterocycles. The number of fused-ring (bicyclic) bond motifs is 1. The predicted molar refractivity (Wildman–Crippen MR) is 130 cm³/mol. The molecular weight excluding hydrogens is 483 g/mol. The van der Waals surface area contributed by atoms with E-state index >= 15 is 0 Å². The van der Waals surface area contributed by atoms with Gasteiger partial charge in [-0.15, -0.1) is 0 Å². The van der Waals surface area contributed by atoms with Crippen molar-refractivity contribution >= 4 is 25.4 Å². The number of carboxylic acid groups (broad SMARTS) is 1. The van der Waals surface area contributed by atoms with Crippen molar-refractivity contribution in [1.29, 1.82) is 0 Å². The van der Waals surface area contributed by atoms with Gasteiger partial charge in [0.25, 0.3) is 0 Å². The van der Waals surface area contributed by atoms with Gasteiger partial charge in [0, 0.05) is 0 Å². The Morgan fingerprint density at radius 3 is 2.27 bits per heavy atom. The normalized spacial score (nSPS) is 16.8. The Hall–Kier alpha value is -2.29. The van der Waals surface area contributed by atoms with Crippen molar-refractivity contribution in [2.75, 3.05) is 13.9 Å². The zero-order valence-electron chi connectivity index (χ0n) is 20.2. The maximum atomic E-state index is 11.0. The van der Waals surface area contributed by atoms with E-state index in [9.17, 15) is 4.79 Å². The number of carbonyl (C=O) groups is 1. The van der Waals surface area contributed by atoms with Crippen molar-refractivity contribution < 1.29 is 24.1 Å². The molecule has 1 aliphatic carbocycles. The number of aromatic carboxylic acids is 1. The fourth-order valence-electron chi connectivity index (χ4n) is 3.86. The van der Waals surface area contributed by atoms with Crippen LogP contribution in [-0.2, 0) is 20.3 Å². The molecule has 0 fully saturated rings. The van der Waals surface area contributed by atoms with E-state index in [1.165, 1.54) is 11.1 Å². The van der Waals surface area contributed by atoms with Crippen LogP contribution in [0.25, 0.3) is 0 Å². The van der Waals surface area contributed by atoms with Gasteiger partial charge in [0.1, 0.15) is 0 Å². The molecule has 1 aliphatic rings. The van der Waals surface area contributed by atoms with Gasteiger partial charge in [-0.1, -0.05) is 0 Å². The molecule has 5 nitrogen and oxygen atoms in total. The van der Waals surface area contributed by atoms with Gasteiger partial charge in [0.15, 0.2) is 0 Å². The molecule has 0 aromatic heterocycles. The summed E-state index contributed by atoms with van der Waals surface area (Å²) in [4.78, 5) is 14.3. The Bertz CT molecular complexity index is 1060. The Balaban J connectivity index is 1.92. The first-order chi connectivity index (χ1) is 15.5. The van der Waals surface area contributed by atoms with E-state index in [1.54, 1.807) is 31.4 Å². The average Bonchev–Trinajstić information content (AvgIpc) is 2.77. The summed E-state index contributed by atoms with van der Waals surface area (Å²) >= 11 is -0.152. The zero-order valence-corrected chi connectivity index (χ0v) is 21.9. The first-order valence-corrected chi connectivity index (χ1v) is 12.7. The number of ether oxygens (including phenoxy) is 3. The van der Waals surface area contributed by atoms with Crippen molar-refractivity contribution in [3.8, 4) is 16.5 Å². The van der Waals surface area contributed by atoms with Gasteiger partial charge in [0.2, 0.25) is 0 Å². The molecule has 1 atom stereocenters. The van der Waals surface area contributed by atoms with Crippen LogP contribution in [-0.4, -0.2) is 46.2 Å². The maximum absolute atomic E-state index is 11.0. The number of methoxy groups -OCH3 is 1. The molecule has 0 amide bonds. The molecular formula is C27H32O5Se. The van der Waals surface area contributed by atoms with E-state index in [-0.39, 0.29) is 44.4 Å². The third-order valence-electron chi connectivity index (χ3n) is 6.25. The van der Waals surface area contributed by atoms with Crippen LogP contribution in [0.3, 0.4) is 0 Å². The Labute approximate surface area is 203 Å². The number of hydrogen-bond donors (Lipinski definition) is 1. The first kappa shape index (κ1) is 25.3. The third kappa shape index (κ3) is 6.19. The second kappa shape index (κ2) is 10.3. The molecule has 6 heteroatoms. The molecule has 33 heavy (non-hydrogen) atoms. The van der Waals surface area contributed by atoms with Crippen molar-refractivity contribution in [1.82, 2.24) is 0 Å². The average molecular weight is 516 g/mol. The Kier molecular flexibility index (Phi) is 7.92. The summed E-state index contributed by atoms with van der Waals surface area (Å²) in [6.07, 6.45) is 1.91. The summed E-state index contributed by atoms with van der Waals surface area (Å²) in [5.74, 6) is 3.03. The van der Waals surface area contributed by atoms with Crippen LogP contribution in [0.2, 0.25) is 0 Å². The molecule has 0 radical (unpaired) electrons. The second-order valence-electron chi connectivity index (χ2n) is 9.56. The summed E-state index contributed by atoms with van der Waals surface area (Å²) < 4.78 is 17.9. The Morgan fingerprint density at radius 1 is 1.09 bits per heavy atom. The summed E-state index contributed by atoms with van der Waals surface area (Å²) in [5, 5.41) is 9.06. The van der Waals surface area contributed by atoms with Gasteiger partial charge in [0.05, 0.1) is 0 Å². The fourth-order valence-corrected chi connectivity index (χ4v) is 5.28. The molecule has 176 valence electrons. The molecule has 1 N–H and O–H groups in total. The number of hydrogen-bond acceptors (Lipinski definition) is 4. The van der Waals surface area contributed by atoms with E-state index < -0.39 is 5.97 Å². The van der Waals surface area contributed by atoms with E-state index in [2.05, 4.69) is 50.6 Å². The van der Waals surface area contributed by atoms with Crippen LogP contribution in [0.15, 0.2) is 36.4 Å². The van der Waals surface area contributed by atoms with Crippen LogP contribution in [0.4, 0.5) is 0 Å². The van der Waals surface area contributed by atoms with E-state index in [0.29, 0.717) is 0 Å². The second-order valence-corrected chi connectivity index (χ2v) is 11.3. The number of rotatable bonds is 7. The molecule has 3 rings (SSSR count). The summed E-state index contributed by atoms with van der Waals surface area (Å²) in [6.45, 7) is 11.1. The monoisotopic (exact) mass is 516 g/mol. The molecule has 0 bridgehead atoms. The SMILES string of the molecule is COC(C)OCOc1cc2c(cc1[Se]C#Cc1ccc(C(=O)O)cc1)C(C)(C)CCC2(C)C. The summed E-state index contributed by atoms with van der Waals surface area (Å²) in [7, 11) is 1.60. The van der Waals surface area contributed by atoms with E-state index in [4.69, 9.17) is 19.3 Å². The molecule has 0 saturated carbocycles. The number of carboxylic acids is 1. The third-order valence-corrected chi connectivity index (χ3v) is 7.81. The molecule has 0 spiro atoms. The summed E-state index contributed by atoms with van der Waals surface area (Å²) in [5.41, 5.74) is 3.90. The summed E-state index contributed by atoms with van der Waals surface area (Å²) in [6, 6.07) is 11.1. The van der Waals surface area contributed by atoms with Gasteiger partial charge in [-0.25, -0.2) is 0 Å². The minimum absolute atomic E-state index is 0.0761. The molecule has 1 unspecified atom stereocenters. The topological polar surface area (TPSA) is 65.0 Å². The van der Waals surface area contributed by atoms with Gasteiger partial charge in [-0.3, -0.25) is 0 Å². The Morgan fingerprint density at radius 2 is 1.70 bits per heavy atom. The van der Waals surface area contributed by atoms with Crippen LogP contribution >= 0.6 is 0 Å². The molecule has 0 heterocycles. The van der Waals surface area contributed by atoms with Crippen LogP contribution < -0.4 is 9.20 Å². The molecule has 2 aromatic carbocycles. The molecule has 2 aromatic rings. The molecule has 0 saturated heterocycles. The van der Waals surface area contributed by atoms with Crippen molar-refractivity contribution in [3.63, 3.8) is 0 Å². The minimum atomic E-state index is -0.940. The fraction of sp³-hybridized carbons (Fsp3) is 0.444. The van der Waals surface area contributed by atoms with Gasteiger partial charge < -0.3 is 0 Å². The predicted octanol–water partition coefficient (Wildman–Crippen LogP) is 4.42. The van der Waals surface area contributed by atoms with E-state index in [0.717, 1.165) is 28.6 Å². The van der Waals surface area contributed by atoms with Gasteiger partial charge >= 0.3 is 203 Å². The van der Waals surface area contributed by atoms with Gasteiger partial charge in [-0.2, -0.15) is 0 Å². The van der Waals surface area contributed by atoms with Crippen LogP contribution in [0, 0.1) is 10.7 Å². The van der Waals surface area contributed by atoms with Crippen LogP contribution in [0.1, 0.15) is 74.5 Å². The van der Waals surface area contributed by atoms with E-state index in [1.807, 2.05) is 6.92 Å². The van der Waals surface area contributed by atoms with Crippen molar-refractivity contribution in [2.24, 2.45) is 0 Å².